The molecule has 0 aliphatic rings. The average Bonchev–Trinajstić information content (AvgIpc) is 2.51. The fourth-order valence-corrected chi connectivity index (χ4v) is 2.08. The highest BCUT2D eigenvalue weighted by Gasteiger charge is 2.12. The van der Waals surface area contributed by atoms with Gasteiger partial charge in [0.25, 0.3) is 0 Å². The Morgan fingerprint density at radius 1 is 1.05 bits per heavy atom. The van der Waals surface area contributed by atoms with E-state index in [0.717, 1.165) is 11.5 Å². The van der Waals surface area contributed by atoms with Crippen LogP contribution in [0.25, 0.3) is 10.9 Å². The number of nitrogens with zero attached hydrogens (tertiary/aromatic N) is 1. The number of halogens is 2. The summed E-state index contributed by atoms with van der Waals surface area (Å²) in [6.07, 6.45) is 0. The normalized spacial score (nSPS) is 10.8. The van der Waals surface area contributed by atoms with Crippen molar-refractivity contribution in [2.75, 3.05) is 0 Å². The lowest BCUT2D eigenvalue weighted by molar-refractivity contribution is 0.282. The molecule has 0 aliphatic heterocycles. The first-order valence-corrected chi connectivity index (χ1v) is 6.30. The SMILES string of the molecule is OCc1cc(Oc2cccc(F)c2F)nc2ccccc12. The van der Waals surface area contributed by atoms with E-state index in [1.54, 1.807) is 12.1 Å². The highest BCUT2D eigenvalue weighted by atomic mass is 19.2. The Kier molecular flexibility index (Phi) is 3.50. The lowest BCUT2D eigenvalue weighted by Gasteiger charge is -2.09. The highest BCUT2D eigenvalue weighted by molar-refractivity contribution is 5.82. The van der Waals surface area contributed by atoms with Gasteiger partial charge in [0.1, 0.15) is 0 Å². The molecule has 0 fully saturated rings. The molecule has 1 heterocycles. The van der Waals surface area contributed by atoms with Gasteiger partial charge < -0.3 is 9.84 Å². The molecule has 3 rings (SSSR count). The van der Waals surface area contributed by atoms with E-state index < -0.39 is 11.6 Å². The number of benzene rings is 2. The highest BCUT2D eigenvalue weighted by Crippen LogP contribution is 2.28. The molecule has 0 saturated carbocycles. The van der Waals surface area contributed by atoms with Crippen molar-refractivity contribution in [3.63, 3.8) is 0 Å². The summed E-state index contributed by atoms with van der Waals surface area (Å²) in [5.41, 5.74) is 1.21. The molecule has 0 bridgehead atoms. The number of fused-ring (bicyclic) bond motifs is 1. The van der Waals surface area contributed by atoms with E-state index in [4.69, 9.17) is 4.74 Å². The van der Waals surface area contributed by atoms with Crippen molar-refractivity contribution in [3.05, 3.63) is 65.7 Å². The van der Waals surface area contributed by atoms with Crippen molar-refractivity contribution >= 4 is 10.9 Å². The van der Waals surface area contributed by atoms with Gasteiger partial charge in [0.05, 0.1) is 12.1 Å². The van der Waals surface area contributed by atoms with Crippen LogP contribution in [0.2, 0.25) is 0 Å². The molecule has 2 aromatic carbocycles. The molecule has 0 spiro atoms. The Bertz CT molecular complexity index is 805. The summed E-state index contributed by atoms with van der Waals surface area (Å²) in [6.45, 7) is -0.203. The first-order chi connectivity index (χ1) is 10.2. The van der Waals surface area contributed by atoms with E-state index >= 15 is 0 Å². The van der Waals surface area contributed by atoms with E-state index in [9.17, 15) is 13.9 Å². The zero-order valence-electron chi connectivity index (χ0n) is 10.9. The van der Waals surface area contributed by atoms with Gasteiger partial charge in [-0.15, -0.1) is 0 Å². The van der Waals surface area contributed by atoms with Crippen LogP contribution in [0.15, 0.2) is 48.5 Å². The van der Waals surface area contributed by atoms with Crippen molar-refractivity contribution in [2.45, 2.75) is 6.61 Å². The van der Waals surface area contributed by atoms with E-state index in [-0.39, 0.29) is 18.2 Å². The quantitative estimate of drug-likeness (QED) is 0.796. The number of aromatic nitrogens is 1. The van der Waals surface area contributed by atoms with Crippen molar-refractivity contribution < 1.29 is 18.6 Å². The van der Waals surface area contributed by atoms with Crippen LogP contribution in [0, 0.1) is 11.6 Å². The molecule has 5 heteroatoms. The summed E-state index contributed by atoms with van der Waals surface area (Å²) in [7, 11) is 0. The summed E-state index contributed by atoms with van der Waals surface area (Å²) >= 11 is 0. The predicted molar refractivity (Wildman–Crippen MR) is 74.1 cm³/mol. The van der Waals surface area contributed by atoms with Gasteiger partial charge in [0, 0.05) is 11.5 Å². The van der Waals surface area contributed by atoms with Gasteiger partial charge in [-0.1, -0.05) is 24.3 Å². The molecule has 0 amide bonds. The molecule has 21 heavy (non-hydrogen) atoms. The number of aliphatic hydroxyl groups is 1. The second-order valence-corrected chi connectivity index (χ2v) is 4.45. The first-order valence-electron chi connectivity index (χ1n) is 6.30. The van der Waals surface area contributed by atoms with Crippen LogP contribution >= 0.6 is 0 Å². The number of rotatable bonds is 3. The molecule has 1 N–H and O–H groups in total. The third-order valence-electron chi connectivity index (χ3n) is 3.08. The second-order valence-electron chi connectivity index (χ2n) is 4.45. The molecule has 0 radical (unpaired) electrons. The number of pyridine rings is 1. The Morgan fingerprint density at radius 2 is 1.86 bits per heavy atom. The molecule has 3 aromatic rings. The van der Waals surface area contributed by atoms with Gasteiger partial charge in [-0.25, -0.2) is 9.37 Å². The predicted octanol–water partition coefficient (Wildman–Crippen LogP) is 3.80. The molecular weight excluding hydrogens is 276 g/mol. The molecule has 0 saturated heterocycles. The number of para-hydroxylation sites is 1. The van der Waals surface area contributed by atoms with Gasteiger partial charge in [-0.3, -0.25) is 0 Å². The molecule has 106 valence electrons. The van der Waals surface area contributed by atoms with Crippen LogP contribution in [-0.2, 0) is 6.61 Å². The minimum atomic E-state index is -1.07. The molecule has 0 aliphatic carbocycles. The van der Waals surface area contributed by atoms with Crippen LogP contribution in [0.1, 0.15) is 5.56 Å². The number of hydrogen-bond acceptors (Lipinski definition) is 3. The molecular formula is C16H11F2NO2. The average molecular weight is 287 g/mol. The van der Waals surface area contributed by atoms with Crippen molar-refractivity contribution in [2.24, 2.45) is 0 Å². The van der Waals surface area contributed by atoms with Gasteiger partial charge in [0.15, 0.2) is 11.6 Å². The number of hydrogen-bond donors (Lipinski definition) is 1. The largest absolute Gasteiger partial charge is 0.436 e. The fraction of sp³-hybridized carbons (Fsp3) is 0.0625. The van der Waals surface area contributed by atoms with Crippen molar-refractivity contribution in [3.8, 4) is 11.6 Å². The first kappa shape index (κ1) is 13.5. The molecule has 3 nitrogen and oxygen atoms in total. The fourth-order valence-electron chi connectivity index (χ4n) is 2.08. The minimum Gasteiger partial charge on any atom is -0.436 e. The van der Waals surface area contributed by atoms with Gasteiger partial charge in [-0.05, 0) is 23.8 Å². The smallest absolute Gasteiger partial charge is 0.220 e. The zero-order valence-corrected chi connectivity index (χ0v) is 10.9. The second kappa shape index (κ2) is 5.46. The van der Waals surface area contributed by atoms with Crippen LogP contribution in [-0.4, -0.2) is 10.1 Å². The van der Waals surface area contributed by atoms with Crippen molar-refractivity contribution in [1.29, 1.82) is 0 Å². The van der Waals surface area contributed by atoms with Crippen molar-refractivity contribution in [1.82, 2.24) is 4.98 Å². The van der Waals surface area contributed by atoms with Gasteiger partial charge in [0.2, 0.25) is 11.7 Å². The molecule has 0 unspecified atom stereocenters. The molecule has 1 aromatic heterocycles. The number of aliphatic hydroxyl groups excluding tert-OH is 1. The monoisotopic (exact) mass is 287 g/mol. The van der Waals surface area contributed by atoms with Crippen LogP contribution in [0.5, 0.6) is 11.6 Å². The summed E-state index contributed by atoms with van der Waals surface area (Å²) < 4.78 is 32.1. The Morgan fingerprint density at radius 3 is 2.67 bits per heavy atom. The van der Waals surface area contributed by atoms with Gasteiger partial charge in [-0.2, -0.15) is 4.39 Å². The Hall–Kier alpha value is -2.53. The minimum absolute atomic E-state index is 0.0993. The van der Waals surface area contributed by atoms with Crippen LogP contribution in [0.4, 0.5) is 8.78 Å². The summed E-state index contributed by atoms with van der Waals surface area (Å²) in [4.78, 5) is 4.23. The van der Waals surface area contributed by atoms with Gasteiger partial charge >= 0.3 is 0 Å². The Labute approximate surface area is 119 Å². The van der Waals surface area contributed by atoms with Crippen LogP contribution < -0.4 is 4.74 Å². The molecule has 0 atom stereocenters. The maximum atomic E-state index is 13.6. The van der Waals surface area contributed by atoms with E-state index in [1.807, 2.05) is 12.1 Å². The maximum absolute atomic E-state index is 13.6. The van der Waals surface area contributed by atoms with E-state index in [0.29, 0.717) is 11.1 Å². The Balaban J connectivity index is 2.07. The van der Waals surface area contributed by atoms with Crippen LogP contribution in [0.3, 0.4) is 0 Å². The van der Waals surface area contributed by atoms with E-state index in [1.165, 1.54) is 18.2 Å². The number of ether oxygens (including phenoxy) is 1. The lowest BCUT2D eigenvalue weighted by Crippen LogP contribution is -1.96. The standard InChI is InChI=1S/C16H11F2NO2/c17-12-5-3-7-14(16(12)18)21-15-8-10(9-20)11-4-1-2-6-13(11)19-15/h1-8,20H,9H2. The summed E-state index contributed by atoms with van der Waals surface area (Å²) in [5.74, 6) is -2.21. The topological polar surface area (TPSA) is 42.4 Å². The summed E-state index contributed by atoms with van der Waals surface area (Å²) in [5, 5.41) is 10.2. The maximum Gasteiger partial charge on any atom is 0.220 e. The summed E-state index contributed by atoms with van der Waals surface area (Å²) in [6, 6.07) is 12.4. The lowest BCUT2D eigenvalue weighted by atomic mass is 10.1. The third-order valence-corrected chi connectivity index (χ3v) is 3.08. The van der Waals surface area contributed by atoms with E-state index in [2.05, 4.69) is 4.98 Å². The zero-order chi connectivity index (χ0) is 14.8. The third kappa shape index (κ3) is 2.55.